The fourth-order valence-corrected chi connectivity index (χ4v) is 5.27. The van der Waals surface area contributed by atoms with Gasteiger partial charge in [0.2, 0.25) is 10.0 Å². The molecule has 2 rings (SSSR count). The van der Waals surface area contributed by atoms with Gasteiger partial charge in [0.25, 0.3) is 11.8 Å². The predicted octanol–water partition coefficient (Wildman–Crippen LogP) is 3.80. The van der Waals surface area contributed by atoms with Crippen molar-refractivity contribution in [1.29, 1.82) is 0 Å². The first-order chi connectivity index (χ1) is 15.2. The molecule has 2 N–H and O–H groups in total. The molecule has 0 atom stereocenters. The highest BCUT2D eigenvalue weighted by molar-refractivity contribution is 7.89. The van der Waals surface area contributed by atoms with E-state index in [0.717, 1.165) is 25.7 Å². The number of unbranched alkanes of at least 4 members (excludes halogenated alkanes) is 2. The van der Waals surface area contributed by atoms with Crippen molar-refractivity contribution in [1.82, 2.24) is 14.7 Å². The first-order valence-corrected chi connectivity index (χ1v) is 13.0. The number of carbonyl (C=O) groups is 2. The molecule has 1 heterocycles. The molecule has 0 unspecified atom stereocenters. The molecule has 1 aromatic heterocycles. The van der Waals surface area contributed by atoms with Gasteiger partial charge in [-0.15, -0.1) is 11.3 Å². The number of hydrogen-bond acceptors (Lipinski definition) is 6. The highest BCUT2D eigenvalue weighted by Gasteiger charge is 2.24. The van der Waals surface area contributed by atoms with E-state index < -0.39 is 15.9 Å². The highest BCUT2D eigenvalue weighted by atomic mass is 32.2. The standard InChI is InChI=1S/C22H32N4O4S2/c1-5-7-14-26(15-8-6-2)32(29,30)18-11-9-17(10-12-18)20(27)23-22-19(13-16-31-22)21(28)24-25(3)4/h9-13,16H,5-8,14-15H2,1-4H3,(H,23,27)(H,24,28). The van der Waals surface area contributed by atoms with E-state index in [2.05, 4.69) is 10.7 Å². The number of hydrazine groups is 1. The Morgan fingerprint density at radius 2 is 1.53 bits per heavy atom. The van der Waals surface area contributed by atoms with Crippen LogP contribution in [-0.2, 0) is 10.0 Å². The van der Waals surface area contributed by atoms with Crippen LogP contribution < -0.4 is 10.7 Å². The number of rotatable bonds is 12. The molecular formula is C22H32N4O4S2. The molecule has 32 heavy (non-hydrogen) atoms. The van der Waals surface area contributed by atoms with Crippen LogP contribution in [0, 0.1) is 0 Å². The second kappa shape index (κ2) is 12.1. The number of anilines is 1. The third-order valence-corrected chi connectivity index (χ3v) is 7.48. The smallest absolute Gasteiger partial charge is 0.268 e. The van der Waals surface area contributed by atoms with E-state index in [1.54, 1.807) is 25.5 Å². The Kier molecular flexibility index (Phi) is 9.83. The Morgan fingerprint density at radius 3 is 2.06 bits per heavy atom. The molecule has 8 nitrogen and oxygen atoms in total. The molecule has 0 radical (unpaired) electrons. The van der Waals surface area contributed by atoms with Crippen molar-refractivity contribution in [3.8, 4) is 0 Å². The number of carbonyl (C=O) groups excluding carboxylic acids is 2. The lowest BCUT2D eigenvalue weighted by molar-refractivity contribution is 0.0858. The van der Waals surface area contributed by atoms with Crippen LogP contribution in [-0.4, -0.2) is 56.7 Å². The van der Waals surface area contributed by atoms with Crippen LogP contribution in [0.15, 0.2) is 40.6 Å². The van der Waals surface area contributed by atoms with Gasteiger partial charge in [-0.25, -0.2) is 13.4 Å². The second-order valence-corrected chi connectivity index (χ2v) is 10.4. The molecule has 0 aliphatic rings. The number of nitrogens with one attached hydrogen (secondary N) is 2. The van der Waals surface area contributed by atoms with E-state index in [9.17, 15) is 18.0 Å². The molecule has 0 saturated carbocycles. The molecule has 0 fully saturated rings. The lowest BCUT2D eigenvalue weighted by Crippen LogP contribution is -2.36. The lowest BCUT2D eigenvalue weighted by atomic mass is 10.2. The van der Waals surface area contributed by atoms with Gasteiger partial charge in [-0.1, -0.05) is 26.7 Å². The van der Waals surface area contributed by atoms with Gasteiger partial charge < -0.3 is 5.32 Å². The first kappa shape index (κ1) is 26.0. The van der Waals surface area contributed by atoms with E-state index in [-0.39, 0.29) is 10.8 Å². The van der Waals surface area contributed by atoms with Crippen LogP contribution in [0.5, 0.6) is 0 Å². The molecule has 0 saturated heterocycles. The molecule has 2 aromatic rings. The number of hydrogen-bond donors (Lipinski definition) is 2. The van der Waals surface area contributed by atoms with Crippen molar-refractivity contribution in [2.75, 3.05) is 32.5 Å². The maximum atomic E-state index is 13.1. The van der Waals surface area contributed by atoms with Gasteiger partial charge >= 0.3 is 0 Å². The number of amides is 2. The number of benzene rings is 1. The average molecular weight is 481 g/mol. The average Bonchev–Trinajstić information content (AvgIpc) is 3.21. The fourth-order valence-electron chi connectivity index (χ4n) is 2.97. The summed E-state index contributed by atoms with van der Waals surface area (Å²) >= 11 is 1.24. The number of nitrogens with zero attached hydrogens (tertiary/aromatic N) is 2. The van der Waals surface area contributed by atoms with Crippen molar-refractivity contribution >= 4 is 38.2 Å². The zero-order valence-corrected chi connectivity index (χ0v) is 20.7. The minimum atomic E-state index is -3.62. The molecule has 0 bridgehead atoms. The summed E-state index contributed by atoms with van der Waals surface area (Å²) in [5, 5.41) is 6.41. The van der Waals surface area contributed by atoms with E-state index >= 15 is 0 Å². The Bertz CT molecular complexity index is 993. The lowest BCUT2D eigenvalue weighted by Gasteiger charge is -2.22. The maximum Gasteiger partial charge on any atom is 0.268 e. The van der Waals surface area contributed by atoms with Crippen molar-refractivity contribution in [3.05, 3.63) is 46.8 Å². The topological polar surface area (TPSA) is 98.8 Å². The van der Waals surface area contributed by atoms with E-state index in [1.807, 2.05) is 13.8 Å². The fraction of sp³-hybridized carbons (Fsp3) is 0.455. The van der Waals surface area contributed by atoms with Crippen LogP contribution in [0.4, 0.5) is 5.00 Å². The number of thiophene rings is 1. The number of sulfonamides is 1. The zero-order chi connectivity index (χ0) is 23.7. The zero-order valence-electron chi connectivity index (χ0n) is 19.1. The van der Waals surface area contributed by atoms with Crippen LogP contribution in [0.1, 0.15) is 60.2 Å². The summed E-state index contributed by atoms with van der Waals surface area (Å²) < 4.78 is 27.7. The summed E-state index contributed by atoms with van der Waals surface area (Å²) in [5.74, 6) is -0.739. The predicted molar refractivity (Wildman–Crippen MR) is 128 cm³/mol. The maximum absolute atomic E-state index is 13.1. The van der Waals surface area contributed by atoms with Crippen LogP contribution in [0.2, 0.25) is 0 Å². The van der Waals surface area contributed by atoms with Crippen molar-refractivity contribution in [3.63, 3.8) is 0 Å². The van der Waals surface area contributed by atoms with Crippen LogP contribution >= 0.6 is 11.3 Å². The summed E-state index contributed by atoms with van der Waals surface area (Å²) in [6.45, 7) is 5.02. The van der Waals surface area contributed by atoms with Crippen molar-refractivity contribution < 1.29 is 18.0 Å². The minimum Gasteiger partial charge on any atom is -0.313 e. The van der Waals surface area contributed by atoms with Crippen LogP contribution in [0.3, 0.4) is 0 Å². The quantitative estimate of drug-likeness (QED) is 0.450. The summed E-state index contributed by atoms with van der Waals surface area (Å²) in [5.41, 5.74) is 3.31. The minimum absolute atomic E-state index is 0.170. The Balaban J connectivity index is 2.15. The van der Waals surface area contributed by atoms with Crippen molar-refractivity contribution in [2.45, 2.75) is 44.4 Å². The van der Waals surface area contributed by atoms with Gasteiger partial charge in [0.15, 0.2) is 0 Å². The molecule has 0 spiro atoms. The third kappa shape index (κ3) is 6.86. The third-order valence-electron chi connectivity index (χ3n) is 4.74. The van der Waals surface area contributed by atoms with Gasteiger partial charge in [-0.05, 0) is 48.6 Å². The molecule has 1 aromatic carbocycles. The molecular weight excluding hydrogens is 448 g/mol. The van der Waals surface area contributed by atoms with Crippen LogP contribution in [0.25, 0.3) is 0 Å². The monoisotopic (exact) mass is 480 g/mol. The molecule has 10 heteroatoms. The van der Waals surface area contributed by atoms with Gasteiger partial charge in [0.1, 0.15) is 5.00 Å². The second-order valence-electron chi connectivity index (χ2n) is 7.59. The van der Waals surface area contributed by atoms with Crippen molar-refractivity contribution in [2.24, 2.45) is 0 Å². The normalized spacial score (nSPS) is 11.7. The first-order valence-electron chi connectivity index (χ1n) is 10.7. The molecule has 2 amide bonds. The Labute approximate surface area is 194 Å². The Hall–Kier alpha value is -2.27. The van der Waals surface area contributed by atoms with Gasteiger partial charge in [-0.2, -0.15) is 4.31 Å². The molecule has 176 valence electrons. The highest BCUT2D eigenvalue weighted by Crippen LogP contribution is 2.24. The summed E-state index contributed by atoms with van der Waals surface area (Å²) in [7, 11) is -0.225. The van der Waals surface area contributed by atoms with Gasteiger partial charge in [0.05, 0.1) is 10.5 Å². The van der Waals surface area contributed by atoms with E-state index in [0.29, 0.717) is 29.2 Å². The van der Waals surface area contributed by atoms with E-state index in [4.69, 9.17) is 0 Å². The summed E-state index contributed by atoms with van der Waals surface area (Å²) in [4.78, 5) is 25.1. The molecule has 0 aliphatic carbocycles. The van der Waals surface area contributed by atoms with Gasteiger partial charge in [-0.3, -0.25) is 15.0 Å². The van der Waals surface area contributed by atoms with Gasteiger partial charge in [0, 0.05) is 32.7 Å². The largest absolute Gasteiger partial charge is 0.313 e. The summed E-state index contributed by atoms with van der Waals surface area (Å²) in [6.07, 6.45) is 3.42. The molecule has 0 aliphatic heterocycles. The SMILES string of the molecule is CCCCN(CCCC)S(=O)(=O)c1ccc(C(=O)Nc2sccc2C(=O)NN(C)C)cc1. The Morgan fingerprint density at radius 1 is 0.938 bits per heavy atom. The summed E-state index contributed by atoms with van der Waals surface area (Å²) in [6, 6.07) is 7.54. The van der Waals surface area contributed by atoms with E-state index in [1.165, 1.54) is 44.9 Å².